The van der Waals surface area contributed by atoms with Gasteiger partial charge in [-0.3, -0.25) is 4.79 Å². The van der Waals surface area contributed by atoms with Crippen LogP contribution in [0.5, 0.6) is 5.75 Å². The molecule has 156 valence electrons. The Morgan fingerprint density at radius 1 is 1.10 bits per heavy atom. The second kappa shape index (κ2) is 9.41. The molecule has 2 aromatic rings. The van der Waals surface area contributed by atoms with Crippen molar-refractivity contribution in [3.63, 3.8) is 0 Å². The van der Waals surface area contributed by atoms with E-state index in [1.807, 2.05) is 13.8 Å². The van der Waals surface area contributed by atoms with E-state index in [4.69, 9.17) is 4.74 Å². The van der Waals surface area contributed by atoms with Gasteiger partial charge in [-0.25, -0.2) is 8.42 Å². The minimum absolute atomic E-state index is 0.137. The van der Waals surface area contributed by atoms with E-state index in [0.29, 0.717) is 25.3 Å². The van der Waals surface area contributed by atoms with Crippen LogP contribution in [0, 0.1) is 6.92 Å². The lowest BCUT2D eigenvalue weighted by Crippen LogP contribution is -2.45. The lowest BCUT2D eigenvalue weighted by molar-refractivity contribution is -0.117. The third kappa shape index (κ3) is 5.36. The van der Waals surface area contributed by atoms with Gasteiger partial charge in [0.2, 0.25) is 15.9 Å². The van der Waals surface area contributed by atoms with Crippen molar-refractivity contribution in [1.82, 2.24) is 4.31 Å². The standard InChI is InChI=1S/C22H28N2O4S/c1-3-28-20-11-9-18(10-12-20)23-22(25)16-19-6-4-5-15-24(19)29(26,27)21-13-7-17(2)8-14-21/h7-14,19H,3-6,15-16H2,1-2H3,(H,23,25)/t19-/m0/s1. The first-order valence-corrected chi connectivity index (χ1v) is 11.5. The Labute approximate surface area is 172 Å². The van der Waals surface area contributed by atoms with Crippen LogP contribution in [0.1, 0.15) is 38.2 Å². The Bertz CT molecular complexity index is 924. The molecule has 0 bridgehead atoms. The fourth-order valence-corrected chi connectivity index (χ4v) is 5.26. The average molecular weight is 417 g/mol. The number of piperidine rings is 1. The highest BCUT2D eigenvalue weighted by molar-refractivity contribution is 7.89. The fourth-order valence-electron chi connectivity index (χ4n) is 3.57. The Morgan fingerprint density at radius 2 is 1.79 bits per heavy atom. The predicted molar refractivity (Wildman–Crippen MR) is 114 cm³/mol. The van der Waals surface area contributed by atoms with Gasteiger partial charge in [-0.05, 0) is 63.1 Å². The van der Waals surface area contributed by atoms with E-state index in [2.05, 4.69) is 5.32 Å². The van der Waals surface area contributed by atoms with Gasteiger partial charge in [0.05, 0.1) is 11.5 Å². The van der Waals surface area contributed by atoms with Gasteiger partial charge >= 0.3 is 0 Å². The molecule has 1 aliphatic heterocycles. The summed E-state index contributed by atoms with van der Waals surface area (Å²) in [5.41, 5.74) is 1.68. The molecule has 1 atom stereocenters. The second-order valence-electron chi connectivity index (χ2n) is 7.29. The van der Waals surface area contributed by atoms with E-state index >= 15 is 0 Å². The predicted octanol–water partition coefficient (Wildman–Crippen LogP) is 3.97. The fraction of sp³-hybridized carbons (Fsp3) is 0.409. The molecular formula is C22H28N2O4S. The number of nitrogens with zero attached hydrogens (tertiary/aromatic N) is 1. The summed E-state index contributed by atoms with van der Waals surface area (Å²) in [7, 11) is -3.62. The number of carbonyl (C=O) groups is 1. The monoisotopic (exact) mass is 416 g/mol. The van der Waals surface area contributed by atoms with Crippen LogP contribution in [0.25, 0.3) is 0 Å². The zero-order chi connectivity index (χ0) is 20.9. The number of hydrogen-bond acceptors (Lipinski definition) is 4. The van der Waals surface area contributed by atoms with Gasteiger partial charge in [0.15, 0.2) is 0 Å². The van der Waals surface area contributed by atoms with Crippen molar-refractivity contribution < 1.29 is 17.9 Å². The summed E-state index contributed by atoms with van der Waals surface area (Å²) in [6, 6.07) is 13.7. The zero-order valence-electron chi connectivity index (χ0n) is 16.9. The molecule has 1 heterocycles. The van der Waals surface area contributed by atoms with Gasteiger partial charge in [0, 0.05) is 24.7 Å². The summed E-state index contributed by atoms with van der Waals surface area (Å²) in [6.07, 6.45) is 2.54. The van der Waals surface area contributed by atoms with Gasteiger partial charge in [0.1, 0.15) is 5.75 Å². The van der Waals surface area contributed by atoms with E-state index in [-0.39, 0.29) is 23.3 Å². The quantitative estimate of drug-likeness (QED) is 0.741. The molecule has 1 amide bonds. The highest BCUT2D eigenvalue weighted by atomic mass is 32.2. The molecule has 6 nitrogen and oxygen atoms in total. The third-order valence-electron chi connectivity index (χ3n) is 5.07. The van der Waals surface area contributed by atoms with E-state index in [9.17, 15) is 13.2 Å². The van der Waals surface area contributed by atoms with Crippen molar-refractivity contribution in [1.29, 1.82) is 0 Å². The maximum absolute atomic E-state index is 13.1. The lowest BCUT2D eigenvalue weighted by Gasteiger charge is -2.34. The van der Waals surface area contributed by atoms with Gasteiger partial charge < -0.3 is 10.1 Å². The number of rotatable bonds is 7. The molecule has 2 aromatic carbocycles. The summed E-state index contributed by atoms with van der Waals surface area (Å²) >= 11 is 0. The van der Waals surface area contributed by atoms with Gasteiger partial charge in [-0.15, -0.1) is 0 Å². The number of anilines is 1. The van der Waals surface area contributed by atoms with Crippen molar-refractivity contribution in [2.45, 2.75) is 50.5 Å². The topological polar surface area (TPSA) is 75.7 Å². The number of hydrogen-bond donors (Lipinski definition) is 1. The first-order chi connectivity index (χ1) is 13.9. The average Bonchev–Trinajstić information content (AvgIpc) is 2.70. The first-order valence-electron chi connectivity index (χ1n) is 10.0. The highest BCUT2D eigenvalue weighted by Gasteiger charge is 2.34. The van der Waals surface area contributed by atoms with E-state index < -0.39 is 10.0 Å². The molecule has 7 heteroatoms. The molecule has 1 N–H and O–H groups in total. The van der Waals surface area contributed by atoms with E-state index in [1.54, 1.807) is 48.5 Å². The molecule has 0 aromatic heterocycles. The van der Waals surface area contributed by atoms with Crippen molar-refractivity contribution in [2.75, 3.05) is 18.5 Å². The normalized spacial score (nSPS) is 17.7. The third-order valence-corrected chi connectivity index (χ3v) is 7.04. The smallest absolute Gasteiger partial charge is 0.243 e. The summed E-state index contributed by atoms with van der Waals surface area (Å²) in [4.78, 5) is 12.9. The highest BCUT2D eigenvalue weighted by Crippen LogP contribution is 2.27. The Balaban J connectivity index is 1.69. The molecule has 29 heavy (non-hydrogen) atoms. The number of ether oxygens (including phenoxy) is 1. The van der Waals surface area contributed by atoms with Crippen LogP contribution in [0.4, 0.5) is 5.69 Å². The molecule has 0 aliphatic carbocycles. The van der Waals surface area contributed by atoms with Gasteiger partial charge in [-0.1, -0.05) is 24.1 Å². The van der Waals surface area contributed by atoms with Crippen molar-refractivity contribution in [3.05, 3.63) is 54.1 Å². The summed E-state index contributed by atoms with van der Waals surface area (Å²) in [5, 5.41) is 2.86. The lowest BCUT2D eigenvalue weighted by atomic mass is 10.0. The first kappa shape index (κ1) is 21.3. The van der Waals surface area contributed by atoms with Crippen LogP contribution in [-0.2, 0) is 14.8 Å². The Morgan fingerprint density at radius 3 is 2.45 bits per heavy atom. The minimum Gasteiger partial charge on any atom is -0.494 e. The molecule has 3 rings (SSSR count). The molecule has 0 saturated carbocycles. The zero-order valence-corrected chi connectivity index (χ0v) is 17.7. The van der Waals surface area contributed by atoms with Crippen molar-refractivity contribution in [2.24, 2.45) is 0 Å². The number of nitrogens with one attached hydrogen (secondary N) is 1. The van der Waals surface area contributed by atoms with Crippen LogP contribution in [0.15, 0.2) is 53.4 Å². The maximum atomic E-state index is 13.1. The van der Waals surface area contributed by atoms with Crippen LogP contribution in [0.3, 0.4) is 0 Å². The van der Waals surface area contributed by atoms with E-state index in [0.717, 1.165) is 24.2 Å². The van der Waals surface area contributed by atoms with Crippen LogP contribution < -0.4 is 10.1 Å². The number of aryl methyl sites for hydroxylation is 1. The van der Waals surface area contributed by atoms with Crippen LogP contribution in [-0.4, -0.2) is 37.8 Å². The molecule has 1 fully saturated rings. The molecule has 1 aliphatic rings. The van der Waals surface area contributed by atoms with Crippen molar-refractivity contribution >= 4 is 21.6 Å². The molecule has 0 unspecified atom stereocenters. The molecular weight excluding hydrogens is 388 g/mol. The molecule has 0 spiro atoms. The second-order valence-corrected chi connectivity index (χ2v) is 9.18. The van der Waals surface area contributed by atoms with Crippen LogP contribution >= 0.6 is 0 Å². The number of carbonyl (C=O) groups excluding carboxylic acids is 1. The SMILES string of the molecule is CCOc1ccc(NC(=O)C[C@@H]2CCCCN2S(=O)(=O)c2ccc(C)cc2)cc1. The summed E-state index contributed by atoms with van der Waals surface area (Å²) < 4.78 is 33.2. The van der Waals surface area contributed by atoms with Gasteiger partial charge in [0.25, 0.3) is 0 Å². The van der Waals surface area contributed by atoms with Crippen LogP contribution in [0.2, 0.25) is 0 Å². The number of amides is 1. The van der Waals surface area contributed by atoms with Gasteiger partial charge in [-0.2, -0.15) is 4.31 Å². The minimum atomic E-state index is -3.62. The van der Waals surface area contributed by atoms with Crippen molar-refractivity contribution in [3.8, 4) is 5.75 Å². The summed E-state index contributed by atoms with van der Waals surface area (Å²) in [5.74, 6) is 0.554. The molecule has 0 radical (unpaired) electrons. The summed E-state index contributed by atoms with van der Waals surface area (Å²) in [6.45, 7) is 4.86. The maximum Gasteiger partial charge on any atom is 0.243 e. The van der Waals surface area contributed by atoms with E-state index in [1.165, 1.54) is 4.31 Å². The largest absolute Gasteiger partial charge is 0.494 e. The Kier molecular flexibility index (Phi) is 6.92. The number of benzene rings is 2. The Hall–Kier alpha value is -2.38. The number of sulfonamides is 1. The molecule has 1 saturated heterocycles.